The summed E-state index contributed by atoms with van der Waals surface area (Å²) in [7, 11) is 0. The minimum Gasteiger partial charge on any atom is -0.369 e. The number of nitrogens with zero attached hydrogens (tertiary/aromatic N) is 2. The van der Waals surface area contributed by atoms with Crippen LogP contribution in [0.2, 0.25) is 0 Å². The third-order valence-electron chi connectivity index (χ3n) is 4.86. The summed E-state index contributed by atoms with van der Waals surface area (Å²) in [6.07, 6.45) is -39.1. The molecule has 27 heteroatoms. The summed E-state index contributed by atoms with van der Waals surface area (Å²) < 4.78 is 303. The lowest BCUT2D eigenvalue weighted by Crippen LogP contribution is -2.77. The molecule has 2 aliphatic heterocycles. The molecule has 2 rings (SSSR count). The summed E-state index contributed by atoms with van der Waals surface area (Å²) in [5.41, 5.74) is 0. The standard InChI is InChI=1S/C14H6F22N2O3/c15-3(37-7(21,22)11(29,30)40-12(31,32)8(37,23)24)5(17,18)1-39-2-6(19,20)4(16)38-9(25,26)13(33,34)41-14(35,36)10(38,27)28/h3-4H,1-2H2. The molecule has 2 fully saturated rings. The predicted octanol–water partition coefficient (Wildman–Crippen LogP) is 6.27. The van der Waals surface area contributed by atoms with Crippen molar-refractivity contribution in [2.45, 2.75) is 73.1 Å². The van der Waals surface area contributed by atoms with E-state index < -0.39 is 96.1 Å². The molecule has 2 atom stereocenters. The van der Waals surface area contributed by atoms with Crippen LogP contribution < -0.4 is 0 Å². The normalized spacial score (nSPS) is 30.0. The Morgan fingerprint density at radius 1 is 0.463 bits per heavy atom. The van der Waals surface area contributed by atoms with Gasteiger partial charge in [0.25, 0.3) is 0 Å². The van der Waals surface area contributed by atoms with Crippen LogP contribution >= 0.6 is 0 Å². The number of hydrogen-bond donors (Lipinski definition) is 0. The Labute approximate surface area is 208 Å². The van der Waals surface area contributed by atoms with Crippen molar-refractivity contribution >= 4 is 0 Å². The number of halogens is 22. The van der Waals surface area contributed by atoms with Crippen molar-refractivity contribution in [1.29, 1.82) is 0 Å². The molecule has 2 heterocycles. The van der Waals surface area contributed by atoms with Gasteiger partial charge < -0.3 is 4.74 Å². The molecule has 0 aliphatic carbocycles. The summed E-state index contributed by atoms with van der Waals surface area (Å²) in [6.45, 7) is -6.97. The van der Waals surface area contributed by atoms with Crippen molar-refractivity contribution < 1.29 is 111 Å². The molecule has 5 nitrogen and oxygen atoms in total. The molecule has 0 aromatic rings. The van der Waals surface area contributed by atoms with Gasteiger partial charge in [-0.25, -0.2) is 18.3 Å². The van der Waals surface area contributed by atoms with Crippen LogP contribution in [0.5, 0.6) is 0 Å². The van der Waals surface area contributed by atoms with E-state index in [4.69, 9.17) is 0 Å². The first kappa shape index (κ1) is 35.5. The smallest absolute Gasteiger partial charge is 0.369 e. The lowest BCUT2D eigenvalue weighted by atomic mass is 10.2. The molecule has 0 amide bonds. The van der Waals surface area contributed by atoms with Crippen molar-refractivity contribution in [1.82, 2.24) is 9.80 Å². The second kappa shape index (κ2) is 9.38. The fourth-order valence-electron chi connectivity index (χ4n) is 2.89. The molecule has 2 unspecified atom stereocenters. The van der Waals surface area contributed by atoms with Gasteiger partial charge in [-0.15, -0.1) is 9.80 Å². The lowest BCUT2D eigenvalue weighted by Gasteiger charge is -2.49. The van der Waals surface area contributed by atoms with Crippen molar-refractivity contribution in [2.24, 2.45) is 0 Å². The summed E-state index contributed by atoms with van der Waals surface area (Å²) in [5, 5.41) is 0. The predicted molar refractivity (Wildman–Crippen MR) is 75.9 cm³/mol. The summed E-state index contributed by atoms with van der Waals surface area (Å²) in [6, 6.07) is -28.4. The second-order valence-electron chi connectivity index (χ2n) is 7.86. The lowest BCUT2D eigenvalue weighted by molar-refractivity contribution is -0.575. The Bertz CT molecular complexity index is 859. The average molecular weight is 668 g/mol. The highest BCUT2D eigenvalue weighted by molar-refractivity contribution is 5.00. The van der Waals surface area contributed by atoms with E-state index >= 15 is 0 Å². The van der Waals surface area contributed by atoms with Gasteiger partial charge in [0.2, 0.25) is 12.6 Å². The highest BCUT2D eigenvalue weighted by Gasteiger charge is 2.87. The molecule has 0 spiro atoms. The van der Waals surface area contributed by atoms with E-state index in [1.807, 2.05) is 9.47 Å². The largest absolute Gasteiger partial charge is 0.439 e. The Morgan fingerprint density at radius 3 is 0.854 bits per heavy atom. The average Bonchev–Trinajstić information content (AvgIpc) is 2.69. The van der Waals surface area contributed by atoms with Gasteiger partial charge in [-0.1, -0.05) is 0 Å². The van der Waals surface area contributed by atoms with E-state index in [-0.39, 0.29) is 0 Å². The first-order chi connectivity index (χ1) is 17.7. The van der Waals surface area contributed by atoms with Gasteiger partial charge in [0.05, 0.1) is 0 Å². The number of rotatable bonds is 8. The number of alkyl halides is 22. The van der Waals surface area contributed by atoms with Gasteiger partial charge in [0.15, 0.2) is 0 Å². The van der Waals surface area contributed by atoms with Crippen molar-refractivity contribution in [3.63, 3.8) is 0 Å². The zero-order valence-electron chi connectivity index (χ0n) is 18.0. The first-order valence-electron chi connectivity index (χ1n) is 9.31. The third-order valence-corrected chi connectivity index (χ3v) is 4.86. The Morgan fingerprint density at radius 2 is 0.659 bits per heavy atom. The van der Waals surface area contributed by atoms with Gasteiger partial charge in [0, 0.05) is 0 Å². The summed E-state index contributed by atoms with van der Waals surface area (Å²) >= 11 is 0. The second-order valence-corrected chi connectivity index (χ2v) is 7.86. The van der Waals surface area contributed by atoms with Crippen molar-refractivity contribution in [3.05, 3.63) is 0 Å². The van der Waals surface area contributed by atoms with Crippen molar-refractivity contribution in [2.75, 3.05) is 13.2 Å². The summed E-state index contributed by atoms with van der Waals surface area (Å²) in [5.74, 6) is -12.7. The molecule has 2 saturated heterocycles. The van der Waals surface area contributed by atoms with Crippen LogP contribution in [0.3, 0.4) is 0 Å². The third kappa shape index (κ3) is 5.21. The van der Waals surface area contributed by atoms with E-state index in [9.17, 15) is 96.6 Å². The fraction of sp³-hybridized carbons (Fsp3) is 1.00. The van der Waals surface area contributed by atoms with Crippen LogP contribution in [-0.4, -0.2) is 96.1 Å². The highest BCUT2D eigenvalue weighted by Crippen LogP contribution is 2.59. The Balaban J connectivity index is 2.32. The van der Waals surface area contributed by atoms with E-state index in [0.29, 0.717) is 0 Å². The molecule has 0 aromatic heterocycles. The van der Waals surface area contributed by atoms with Crippen LogP contribution in [0.15, 0.2) is 0 Å². The molecule has 0 aromatic carbocycles. The fourth-order valence-corrected chi connectivity index (χ4v) is 2.89. The molecule has 41 heavy (non-hydrogen) atoms. The van der Waals surface area contributed by atoms with Crippen LogP contribution in [0.25, 0.3) is 0 Å². The molecule has 0 bridgehead atoms. The van der Waals surface area contributed by atoms with Gasteiger partial charge >= 0.3 is 60.5 Å². The molecule has 2 aliphatic rings. The quantitative estimate of drug-likeness (QED) is 0.225. The maximum atomic E-state index is 14.0. The molecular weight excluding hydrogens is 662 g/mol. The highest BCUT2D eigenvalue weighted by atomic mass is 19.4. The molecule has 244 valence electrons. The van der Waals surface area contributed by atoms with Crippen molar-refractivity contribution in [3.8, 4) is 0 Å². The first-order valence-corrected chi connectivity index (χ1v) is 9.31. The van der Waals surface area contributed by atoms with Crippen LogP contribution in [-0.2, 0) is 14.2 Å². The topological polar surface area (TPSA) is 34.2 Å². The van der Waals surface area contributed by atoms with Crippen LogP contribution in [0.1, 0.15) is 0 Å². The van der Waals surface area contributed by atoms with Gasteiger partial charge in [-0.2, -0.15) is 87.8 Å². The molecule has 0 N–H and O–H groups in total. The maximum absolute atomic E-state index is 14.0. The maximum Gasteiger partial charge on any atom is 0.439 e. The zero-order valence-corrected chi connectivity index (χ0v) is 18.0. The molecule has 0 radical (unpaired) electrons. The zero-order chi connectivity index (χ0) is 32.8. The minimum atomic E-state index is -7.10. The van der Waals surface area contributed by atoms with Gasteiger partial charge in [-0.3, -0.25) is 0 Å². The van der Waals surface area contributed by atoms with E-state index in [0.717, 1.165) is 0 Å². The Hall–Kier alpha value is -1.74. The van der Waals surface area contributed by atoms with E-state index in [1.165, 1.54) is 0 Å². The number of hydrogen-bond acceptors (Lipinski definition) is 5. The number of ether oxygens (including phenoxy) is 3. The minimum absolute atomic E-state index is 1.82. The van der Waals surface area contributed by atoms with E-state index in [2.05, 4.69) is 4.74 Å². The summed E-state index contributed by atoms with van der Waals surface area (Å²) in [4.78, 5) is -6.97. The molecular formula is C14H6F22N2O3. The molecule has 0 saturated carbocycles. The SMILES string of the molecule is FC(N1C(F)(F)C(F)(F)OC(F)(F)C1(F)F)C(F)(F)COCC(F)(F)C(F)N1C(F)(F)C(F)(F)OC(F)(F)C1(F)F. The van der Waals surface area contributed by atoms with Crippen LogP contribution in [0, 0.1) is 0 Å². The monoisotopic (exact) mass is 668 g/mol. The van der Waals surface area contributed by atoms with Gasteiger partial charge in [-0.05, 0) is 0 Å². The van der Waals surface area contributed by atoms with Crippen LogP contribution in [0.4, 0.5) is 96.6 Å². The number of morpholine rings is 2. The van der Waals surface area contributed by atoms with Gasteiger partial charge in [0.1, 0.15) is 13.2 Å². The Kier molecular flexibility index (Phi) is 8.11. The van der Waals surface area contributed by atoms with E-state index in [1.54, 1.807) is 0 Å².